The maximum absolute atomic E-state index is 4.61. The van der Waals surface area contributed by atoms with Crippen molar-refractivity contribution in [2.75, 3.05) is 18.0 Å². The molecule has 3 aromatic rings. The lowest BCUT2D eigenvalue weighted by molar-refractivity contribution is 0.356. The molecule has 0 saturated carbocycles. The maximum Gasteiger partial charge on any atom is 0.168 e. The van der Waals surface area contributed by atoms with Crippen LogP contribution in [-0.4, -0.2) is 32.8 Å². The largest absolute Gasteiger partial charge is 0.355 e. The minimum absolute atomic E-state index is 0.685. The average Bonchev–Trinajstić information content (AvgIpc) is 2.98. The molecule has 2 atom stereocenters. The number of benzene rings is 1. The Morgan fingerprint density at radius 3 is 2.54 bits per heavy atom. The standard InChI is InChI=1S/C19H23N5/c1-13-8-14(2)11-23(10-13)18-16-9-22-24(19(16)21-12-20-18)17-7-5-4-6-15(17)3/h4-7,9,12-14H,8,10-11H2,1-3H3/t13-,14-/m0/s1. The van der Waals surface area contributed by atoms with E-state index in [1.807, 2.05) is 23.0 Å². The van der Waals surface area contributed by atoms with E-state index in [0.717, 1.165) is 35.6 Å². The molecule has 0 spiro atoms. The lowest BCUT2D eigenvalue weighted by atomic mass is 9.92. The topological polar surface area (TPSA) is 46.8 Å². The molecule has 5 nitrogen and oxygen atoms in total. The van der Waals surface area contributed by atoms with Gasteiger partial charge in [0, 0.05) is 13.1 Å². The summed E-state index contributed by atoms with van der Waals surface area (Å²) in [6.45, 7) is 8.83. The Morgan fingerprint density at radius 1 is 1.04 bits per heavy atom. The second kappa shape index (κ2) is 5.89. The van der Waals surface area contributed by atoms with Crippen molar-refractivity contribution in [1.29, 1.82) is 0 Å². The highest BCUT2D eigenvalue weighted by Gasteiger charge is 2.25. The molecule has 24 heavy (non-hydrogen) atoms. The number of anilines is 1. The summed E-state index contributed by atoms with van der Waals surface area (Å²) in [5.41, 5.74) is 3.13. The summed E-state index contributed by atoms with van der Waals surface area (Å²) in [5, 5.41) is 5.64. The molecule has 1 aliphatic heterocycles. The van der Waals surface area contributed by atoms with Gasteiger partial charge in [-0.25, -0.2) is 14.6 Å². The zero-order valence-electron chi connectivity index (χ0n) is 14.5. The molecule has 3 heterocycles. The van der Waals surface area contributed by atoms with Gasteiger partial charge in [0.05, 0.1) is 17.3 Å². The Labute approximate surface area is 142 Å². The molecule has 1 aliphatic rings. The molecule has 1 aromatic carbocycles. The molecular weight excluding hydrogens is 298 g/mol. The van der Waals surface area contributed by atoms with Crippen LogP contribution in [0.15, 0.2) is 36.8 Å². The summed E-state index contributed by atoms with van der Waals surface area (Å²) in [4.78, 5) is 11.5. The predicted molar refractivity (Wildman–Crippen MR) is 96.6 cm³/mol. The van der Waals surface area contributed by atoms with E-state index >= 15 is 0 Å². The van der Waals surface area contributed by atoms with Crippen molar-refractivity contribution in [3.63, 3.8) is 0 Å². The Bertz CT molecular complexity index is 859. The first kappa shape index (κ1) is 15.1. The molecule has 0 amide bonds. The molecule has 1 saturated heterocycles. The fraction of sp³-hybridized carbons (Fsp3) is 0.421. The van der Waals surface area contributed by atoms with Crippen LogP contribution in [0.25, 0.3) is 16.7 Å². The SMILES string of the molecule is Cc1ccccc1-n1ncc2c(N3C[C@@H](C)C[C@H](C)C3)ncnc21. The third kappa shape index (κ3) is 2.54. The highest BCUT2D eigenvalue weighted by Crippen LogP contribution is 2.30. The average molecular weight is 321 g/mol. The quantitative estimate of drug-likeness (QED) is 0.723. The predicted octanol–water partition coefficient (Wildman–Crippen LogP) is 3.61. The number of para-hydroxylation sites is 1. The van der Waals surface area contributed by atoms with Crippen LogP contribution in [0.5, 0.6) is 0 Å². The van der Waals surface area contributed by atoms with Gasteiger partial charge in [-0.1, -0.05) is 32.0 Å². The van der Waals surface area contributed by atoms with E-state index in [9.17, 15) is 0 Å². The van der Waals surface area contributed by atoms with Crippen LogP contribution in [0.2, 0.25) is 0 Å². The van der Waals surface area contributed by atoms with Crippen molar-refractivity contribution in [3.8, 4) is 5.69 Å². The van der Waals surface area contributed by atoms with Gasteiger partial charge in [0.1, 0.15) is 12.1 Å². The highest BCUT2D eigenvalue weighted by atomic mass is 15.3. The van der Waals surface area contributed by atoms with Gasteiger partial charge in [-0.05, 0) is 36.8 Å². The number of aryl methyl sites for hydroxylation is 1. The zero-order chi connectivity index (χ0) is 16.7. The molecule has 0 aliphatic carbocycles. The first-order valence-corrected chi connectivity index (χ1v) is 8.63. The number of aromatic nitrogens is 4. The van der Waals surface area contributed by atoms with E-state index in [0.29, 0.717) is 11.8 Å². The molecule has 2 aromatic heterocycles. The molecule has 4 rings (SSSR count). The van der Waals surface area contributed by atoms with E-state index in [1.54, 1.807) is 6.33 Å². The summed E-state index contributed by atoms with van der Waals surface area (Å²) in [6, 6.07) is 8.25. The summed E-state index contributed by atoms with van der Waals surface area (Å²) in [7, 11) is 0. The van der Waals surface area contributed by atoms with Gasteiger partial charge in [0.2, 0.25) is 0 Å². The number of hydrogen-bond donors (Lipinski definition) is 0. The fourth-order valence-electron chi connectivity index (χ4n) is 3.90. The van der Waals surface area contributed by atoms with Crippen LogP contribution < -0.4 is 4.90 Å². The van der Waals surface area contributed by atoms with Gasteiger partial charge in [-0.15, -0.1) is 0 Å². The molecule has 5 heteroatoms. The van der Waals surface area contributed by atoms with Crippen molar-refractivity contribution in [1.82, 2.24) is 19.7 Å². The van der Waals surface area contributed by atoms with Crippen LogP contribution in [0.4, 0.5) is 5.82 Å². The van der Waals surface area contributed by atoms with Gasteiger partial charge in [0.15, 0.2) is 5.65 Å². The van der Waals surface area contributed by atoms with E-state index in [1.165, 1.54) is 12.0 Å². The van der Waals surface area contributed by atoms with Crippen molar-refractivity contribution in [2.24, 2.45) is 11.8 Å². The minimum atomic E-state index is 0.685. The van der Waals surface area contributed by atoms with E-state index in [-0.39, 0.29) is 0 Å². The van der Waals surface area contributed by atoms with Crippen molar-refractivity contribution in [2.45, 2.75) is 27.2 Å². The van der Waals surface area contributed by atoms with E-state index in [2.05, 4.69) is 52.9 Å². The molecule has 0 N–H and O–H groups in total. The third-order valence-corrected chi connectivity index (χ3v) is 4.86. The Hall–Kier alpha value is -2.43. The van der Waals surface area contributed by atoms with Crippen LogP contribution in [-0.2, 0) is 0 Å². The minimum Gasteiger partial charge on any atom is -0.355 e. The van der Waals surface area contributed by atoms with Gasteiger partial charge in [-0.2, -0.15) is 5.10 Å². The number of piperidine rings is 1. The number of hydrogen-bond acceptors (Lipinski definition) is 4. The van der Waals surface area contributed by atoms with Crippen LogP contribution in [0, 0.1) is 18.8 Å². The number of fused-ring (bicyclic) bond motifs is 1. The van der Waals surface area contributed by atoms with Crippen molar-refractivity contribution >= 4 is 16.9 Å². The molecule has 124 valence electrons. The second-order valence-electron chi connectivity index (χ2n) is 7.13. The lowest BCUT2D eigenvalue weighted by Gasteiger charge is -2.35. The van der Waals surface area contributed by atoms with Crippen molar-refractivity contribution < 1.29 is 0 Å². The second-order valence-corrected chi connectivity index (χ2v) is 7.13. The molecule has 0 radical (unpaired) electrons. The number of nitrogens with zero attached hydrogens (tertiary/aromatic N) is 5. The first-order chi connectivity index (χ1) is 11.6. The third-order valence-electron chi connectivity index (χ3n) is 4.86. The van der Waals surface area contributed by atoms with E-state index in [4.69, 9.17) is 0 Å². The fourth-order valence-corrected chi connectivity index (χ4v) is 3.90. The first-order valence-electron chi connectivity index (χ1n) is 8.63. The molecular formula is C19H23N5. The molecule has 0 unspecified atom stereocenters. The van der Waals surface area contributed by atoms with Crippen molar-refractivity contribution in [3.05, 3.63) is 42.4 Å². The monoisotopic (exact) mass is 321 g/mol. The normalized spacial score (nSPS) is 21.4. The Kier molecular flexibility index (Phi) is 3.71. The number of rotatable bonds is 2. The highest BCUT2D eigenvalue weighted by molar-refractivity contribution is 5.87. The van der Waals surface area contributed by atoms with Gasteiger partial charge in [0.25, 0.3) is 0 Å². The van der Waals surface area contributed by atoms with Gasteiger partial charge >= 0.3 is 0 Å². The zero-order valence-corrected chi connectivity index (χ0v) is 14.5. The Balaban J connectivity index is 1.81. The summed E-state index contributed by atoms with van der Waals surface area (Å²) in [6.07, 6.45) is 4.85. The molecule has 1 fully saturated rings. The summed E-state index contributed by atoms with van der Waals surface area (Å²) in [5.74, 6) is 2.38. The lowest BCUT2D eigenvalue weighted by Crippen LogP contribution is -2.39. The Morgan fingerprint density at radius 2 is 1.79 bits per heavy atom. The van der Waals surface area contributed by atoms with Crippen LogP contribution in [0.1, 0.15) is 25.8 Å². The summed E-state index contributed by atoms with van der Waals surface area (Å²) >= 11 is 0. The van der Waals surface area contributed by atoms with Gasteiger partial charge in [-0.3, -0.25) is 0 Å². The summed E-state index contributed by atoms with van der Waals surface area (Å²) < 4.78 is 1.92. The van der Waals surface area contributed by atoms with E-state index < -0.39 is 0 Å². The van der Waals surface area contributed by atoms with Crippen LogP contribution in [0.3, 0.4) is 0 Å². The van der Waals surface area contributed by atoms with Gasteiger partial charge < -0.3 is 4.90 Å². The maximum atomic E-state index is 4.61. The molecule has 0 bridgehead atoms. The smallest absolute Gasteiger partial charge is 0.168 e. The van der Waals surface area contributed by atoms with Crippen LogP contribution >= 0.6 is 0 Å².